The fourth-order valence-electron chi connectivity index (χ4n) is 2.53. The van der Waals surface area contributed by atoms with Crippen molar-refractivity contribution in [3.63, 3.8) is 0 Å². The van der Waals surface area contributed by atoms with Gasteiger partial charge in [0.15, 0.2) is 23.4 Å². The molecule has 10 heteroatoms. The number of hydrogen-bond donors (Lipinski definition) is 2. The molecule has 24 heavy (non-hydrogen) atoms. The Hall–Kier alpha value is -2.10. The number of aromatic nitrogens is 2. The van der Waals surface area contributed by atoms with Gasteiger partial charge in [-0.2, -0.15) is 13.2 Å². The summed E-state index contributed by atoms with van der Waals surface area (Å²) in [6.07, 6.45) is -3.14. The number of nitrogens with zero attached hydrogens (tertiary/aromatic N) is 2. The summed E-state index contributed by atoms with van der Waals surface area (Å²) in [5.41, 5.74) is -0.435. The van der Waals surface area contributed by atoms with Crippen molar-refractivity contribution in [2.75, 3.05) is 19.0 Å². The van der Waals surface area contributed by atoms with E-state index in [0.29, 0.717) is 12.8 Å². The average Bonchev–Trinajstić information content (AvgIpc) is 3.02. The van der Waals surface area contributed by atoms with Crippen LogP contribution in [-0.4, -0.2) is 53.1 Å². The highest BCUT2D eigenvalue weighted by molar-refractivity contribution is 5.90. The molecule has 0 saturated heterocycles. The molecule has 2 N–H and O–H groups in total. The zero-order valence-electron chi connectivity index (χ0n) is 13.0. The maximum atomic E-state index is 13.1. The second-order valence-electron chi connectivity index (χ2n) is 5.36. The number of nitrogens with one attached hydrogen (secondary N) is 1. The molecule has 0 bridgehead atoms. The molecule has 0 aliphatic heterocycles. The van der Waals surface area contributed by atoms with Gasteiger partial charge < -0.3 is 19.9 Å². The summed E-state index contributed by atoms with van der Waals surface area (Å²) >= 11 is 0. The van der Waals surface area contributed by atoms with Gasteiger partial charge in [0.05, 0.1) is 19.8 Å². The van der Waals surface area contributed by atoms with Crippen LogP contribution in [0.25, 0.3) is 0 Å². The summed E-state index contributed by atoms with van der Waals surface area (Å²) in [5.74, 6) is -1.73. The van der Waals surface area contributed by atoms with E-state index in [9.17, 15) is 18.0 Å². The first kappa shape index (κ1) is 18.2. The molecular weight excluding hydrogens is 331 g/mol. The lowest BCUT2D eigenvalue weighted by Gasteiger charge is -2.25. The van der Waals surface area contributed by atoms with Crippen LogP contribution in [0.2, 0.25) is 0 Å². The van der Waals surface area contributed by atoms with Crippen LogP contribution >= 0.6 is 0 Å². The number of alkyl halides is 3. The number of halogens is 3. The highest BCUT2D eigenvalue weighted by Gasteiger charge is 2.42. The van der Waals surface area contributed by atoms with E-state index in [4.69, 9.17) is 14.6 Å². The van der Waals surface area contributed by atoms with Crippen LogP contribution in [0.15, 0.2) is 6.33 Å². The third-order valence-electron chi connectivity index (χ3n) is 3.69. The molecule has 7 nitrogen and oxygen atoms in total. The molecule has 1 fully saturated rings. The predicted octanol–water partition coefficient (Wildman–Crippen LogP) is 2.49. The summed E-state index contributed by atoms with van der Waals surface area (Å²) in [7, 11) is 1.19. The maximum absolute atomic E-state index is 13.1. The first-order chi connectivity index (χ1) is 11.3. The molecule has 1 aromatic heterocycles. The van der Waals surface area contributed by atoms with E-state index in [1.807, 2.05) is 0 Å². The molecule has 1 aliphatic rings. The molecule has 1 aromatic rings. The maximum Gasteiger partial charge on any atom is 0.416 e. The second kappa shape index (κ2) is 7.65. The topological polar surface area (TPSA) is 93.6 Å². The molecule has 0 spiro atoms. The van der Waals surface area contributed by atoms with E-state index in [2.05, 4.69) is 15.3 Å². The van der Waals surface area contributed by atoms with E-state index in [0.717, 1.165) is 19.2 Å². The summed E-state index contributed by atoms with van der Waals surface area (Å²) in [4.78, 5) is 18.3. The van der Waals surface area contributed by atoms with Crippen LogP contribution in [0.1, 0.15) is 36.2 Å². The van der Waals surface area contributed by atoms with Crippen LogP contribution in [0.4, 0.5) is 19.0 Å². The second-order valence-corrected chi connectivity index (χ2v) is 5.36. The van der Waals surface area contributed by atoms with Crippen molar-refractivity contribution in [2.24, 2.45) is 0 Å². The van der Waals surface area contributed by atoms with Gasteiger partial charge in [-0.05, 0) is 12.8 Å². The molecule has 134 valence electrons. The molecule has 1 heterocycles. The number of anilines is 1. The van der Waals surface area contributed by atoms with Crippen molar-refractivity contribution in [2.45, 2.75) is 44.1 Å². The Balaban J connectivity index is 2.11. The predicted molar refractivity (Wildman–Crippen MR) is 77.2 cm³/mol. The summed E-state index contributed by atoms with van der Waals surface area (Å²) in [6.45, 7) is -0.605. The van der Waals surface area contributed by atoms with Crippen molar-refractivity contribution in [3.05, 3.63) is 12.0 Å². The molecule has 1 atom stereocenters. The third-order valence-corrected chi connectivity index (χ3v) is 3.69. The Kier molecular flexibility index (Phi) is 5.81. The lowest BCUT2D eigenvalue weighted by molar-refractivity contribution is -0.227. The van der Waals surface area contributed by atoms with Gasteiger partial charge in [0.1, 0.15) is 6.33 Å². The Morgan fingerprint density at radius 1 is 1.42 bits per heavy atom. The van der Waals surface area contributed by atoms with Gasteiger partial charge >= 0.3 is 12.1 Å². The molecule has 1 saturated carbocycles. The van der Waals surface area contributed by atoms with E-state index in [-0.39, 0.29) is 11.6 Å². The highest BCUT2D eigenvalue weighted by Crippen LogP contribution is 2.30. The molecule has 1 aliphatic carbocycles. The van der Waals surface area contributed by atoms with E-state index < -0.39 is 36.6 Å². The van der Waals surface area contributed by atoms with Crippen LogP contribution in [0.5, 0.6) is 5.75 Å². The number of aromatic carboxylic acids is 1. The number of carboxylic acids is 1. The third kappa shape index (κ3) is 4.47. The largest absolute Gasteiger partial charge is 0.491 e. The van der Waals surface area contributed by atoms with Gasteiger partial charge in [-0.25, -0.2) is 14.8 Å². The van der Waals surface area contributed by atoms with Gasteiger partial charge in [0, 0.05) is 0 Å². The molecular formula is C14H18F3N3O4. The molecule has 0 amide bonds. The van der Waals surface area contributed by atoms with Crippen molar-refractivity contribution >= 4 is 11.8 Å². The lowest BCUT2D eigenvalue weighted by Crippen LogP contribution is -2.40. The number of rotatable bonds is 7. The lowest BCUT2D eigenvalue weighted by atomic mass is 10.2. The Labute approximate surface area is 136 Å². The highest BCUT2D eigenvalue weighted by atomic mass is 19.4. The molecule has 0 radical (unpaired) electrons. The van der Waals surface area contributed by atoms with Crippen molar-refractivity contribution in [1.29, 1.82) is 0 Å². The summed E-state index contributed by atoms with van der Waals surface area (Å²) in [5, 5.41) is 11.5. The summed E-state index contributed by atoms with van der Waals surface area (Å²) < 4.78 is 49.5. The van der Waals surface area contributed by atoms with Crippen molar-refractivity contribution < 1.29 is 32.5 Å². The Morgan fingerprint density at radius 3 is 2.62 bits per heavy atom. The smallest absolute Gasteiger partial charge is 0.416 e. The normalized spacial score (nSPS) is 16.8. The minimum absolute atomic E-state index is 0.130. The van der Waals surface area contributed by atoms with Gasteiger partial charge in [-0.15, -0.1) is 0 Å². The zero-order chi connectivity index (χ0) is 17.7. The molecule has 1 unspecified atom stereocenters. The minimum atomic E-state index is -4.55. The fourth-order valence-corrected chi connectivity index (χ4v) is 2.53. The molecule has 2 rings (SSSR count). The zero-order valence-corrected chi connectivity index (χ0v) is 13.0. The number of carboxylic acid groups (broad SMARTS) is 1. The van der Waals surface area contributed by atoms with Crippen molar-refractivity contribution in [3.8, 4) is 5.75 Å². The van der Waals surface area contributed by atoms with Crippen LogP contribution in [0, 0.1) is 0 Å². The quantitative estimate of drug-likeness (QED) is 0.781. The first-order valence-electron chi connectivity index (χ1n) is 7.41. The monoisotopic (exact) mass is 349 g/mol. The SMILES string of the molecule is COc1c(NCC(OC2CCCC2)C(F)(F)F)ncnc1C(=O)O. The Morgan fingerprint density at radius 2 is 2.08 bits per heavy atom. The number of hydrogen-bond acceptors (Lipinski definition) is 6. The molecule has 0 aromatic carbocycles. The van der Waals surface area contributed by atoms with Crippen LogP contribution < -0.4 is 10.1 Å². The van der Waals surface area contributed by atoms with Crippen LogP contribution in [-0.2, 0) is 4.74 Å². The van der Waals surface area contributed by atoms with Gasteiger partial charge in [-0.1, -0.05) is 12.8 Å². The number of methoxy groups -OCH3 is 1. The van der Waals surface area contributed by atoms with Gasteiger partial charge in [0.25, 0.3) is 0 Å². The number of ether oxygens (including phenoxy) is 2. The first-order valence-corrected chi connectivity index (χ1v) is 7.41. The average molecular weight is 349 g/mol. The summed E-state index contributed by atoms with van der Waals surface area (Å²) in [6, 6.07) is 0. The van der Waals surface area contributed by atoms with Gasteiger partial charge in [-0.3, -0.25) is 0 Å². The van der Waals surface area contributed by atoms with E-state index >= 15 is 0 Å². The van der Waals surface area contributed by atoms with Gasteiger partial charge in [0.2, 0.25) is 0 Å². The number of carbonyl (C=O) groups is 1. The fraction of sp³-hybridized carbons (Fsp3) is 0.643. The van der Waals surface area contributed by atoms with Crippen molar-refractivity contribution in [1.82, 2.24) is 9.97 Å². The van der Waals surface area contributed by atoms with Crippen LogP contribution in [0.3, 0.4) is 0 Å². The van der Waals surface area contributed by atoms with E-state index in [1.165, 1.54) is 7.11 Å². The van der Waals surface area contributed by atoms with E-state index in [1.54, 1.807) is 0 Å². The minimum Gasteiger partial charge on any atom is -0.491 e. The Bertz CT molecular complexity index is 577. The standard InChI is InChI=1S/C14H18F3N3O4/c1-23-11-10(13(21)22)19-7-20-12(11)18-6-9(14(15,16)17)24-8-4-2-3-5-8/h7-9H,2-6H2,1H3,(H,21,22)(H,18,19,20).